The molecule has 0 N–H and O–H groups in total. The van der Waals surface area contributed by atoms with Crippen LogP contribution in [-0.2, 0) is 11.2 Å². The minimum Gasteiger partial charge on any atom is -0.298 e. The molecule has 74 valence electrons. The number of carbonyl (C=O) groups is 1. The van der Waals surface area contributed by atoms with Crippen LogP contribution < -0.4 is 0 Å². The van der Waals surface area contributed by atoms with E-state index in [1.807, 2.05) is 13.0 Å². The predicted octanol–water partition coefficient (Wildman–Crippen LogP) is 1.48. The van der Waals surface area contributed by atoms with Crippen LogP contribution in [0.5, 0.6) is 0 Å². The summed E-state index contributed by atoms with van der Waals surface area (Å²) in [6.45, 7) is 1.98. The Bertz CT molecular complexity index is 328. The number of nitrogens with zero attached hydrogens (tertiary/aromatic N) is 2. The molecule has 3 nitrogen and oxygen atoms in total. The van der Waals surface area contributed by atoms with Crippen LogP contribution in [0.15, 0.2) is 18.6 Å². The summed E-state index contributed by atoms with van der Waals surface area (Å²) in [5.41, 5.74) is 1.03. The molecule has 0 saturated carbocycles. The number of Topliss-reactive ketones (excluding diaryl/α,β-unsaturated/α-hetero) is 1. The number of ketones is 1. The van der Waals surface area contributed by atoms with Gasteiger partial charge in [-0.25, -0.2) is 9.97 Å². The normalized spacial score (nSPS) is 26.8. The Morgan fingerprint density at radius 1 is 1.64 bits per heavy atom. The fraction of sp³-hybridized carbons (Fsp3) is 0.500. The summed E-state index contributed by atoms with van der Waals surface area (Å²) < 4.78 is 0. The highest BCUT2D eigenvalue weighted by Crippen LogP contribution is 2.32. The SMILES string of the molecule is CC1SC(Cc2ccncn2)CC1=O. The van der Waals surface area contributed by atoms with Crippen molar-refractivity contribution in [2.24, 2.45) is 0 Å². The zero-order valence-corrected chi connectivity index (χ0v) is 8.83. The molecular weight excluding hydrogens is 196 g/mol. The van der Waals surface area contributed by atoms with Gasteiger partial charge in [-0.15, -0.1) is 11.8 Å². The first-order chi connectivity index (χ1) is 6.75. The van der Waals surface area contributed by atoms with E-state index < -0.39 is 0 Å². The van der Waals surface area contributed by atoms with E-state index in [0.717, 1.165) is 12.1 Å². The van der Waals surface area contributed by atoms with Gasteiger partial charge in [-0.2, -0.15) is 0 Å². The van der Waals surface area contributed by atoms with E-state index in [4.69, 9.17) is 0 Å². The zero-order chi connectivity index (χ0) is 9.97. The molecule has 1 aliphatic rings. The molecule has 0 bridgehead atoms. The van der Waals surface area contributed by atoms with Crippen molar-refractivity contribution in [1.82, 2.24) is 9.97 Å². The van der Waals surface area contributed by atoms with Gasteiger partial charge in [0.1, 0.15) is 12.1 Å². The topological polar surface area (TPSA) is 42.9 Å². The van der Waals surface area contributed by atoms with Gasteiger partial charge in [0, 0.05) is 30.0 Å². The molecule has 2 atom stereocenters. The van der Waals surface area contributed by atoms with Crippen LogP contribution in [0.1, 0.15) is 19.0 Å². The lowest BCUT2D eigenvalue weighted by Crippen LogP contribution is -2.06. The van der Waals surface area contributed by atoms with Gasteiger partial charge in [0.25, 0.3) is 0 Å². The van der Waals surface area contributed by atoms with Crippen molar-refractivity contribution in [2.45, 2.75) is 30.3 Å². The minimum absolute atomic E-state index is 0.168. The molecule has 1 aromatic rings. The van der Waals surface area contributed by atoms with Crippen LogP contribution >= 0.6 is 11.8 Å². The lowest BCUT2D eigenvalue weighted by Gasteiger charge is -2.06. The van der Waals surface area contributed by atoms with Crippen molar-refractivity contribution in [1.29, 1.82) is 0 Å². The van der Waals surface area contributed by atoms with Gasteiger partial charge in [0.15, 0.2) is 0 Å². The second-order valence-electron chi connectivity index (χ2n) is 3.48. The summed E-state index contributed by atoms with van der Waals surface area (Å²) >= 11 is 1.76. The smallest absolute Gasteiger partial charge is 0.146 e. The summed E-state index contributed by atoms with van der Waals surface area (Å²) in [5, 5.41) is 0.578. The Hall–Kier alpha value is -0.900. The monoisotopic (exact) mass is 208 g/mol. The molecule has 0 aliphatic carbocycles. The third-order valence-corrected chi connectivity index (χ3v) is 3.75. The van der Waals surface area contributed by atoms with E-state index in [0.29, 0.717) is 17.5 Å². The van der Waals surface area contributed by atoms with Crippen molar-refractivity contribution >= 4 is 17.5 Å². The van der Waals surface area contributed by atoms with Gasteiger partial charge in [-0.1, -0.05) is 0 Å². The fourth-order valence-corrected chi connectivity index (χ4v) is 2.95. The first-order valence-electron chi connectivity index (χ1n) is 4.69. The van der Waals surface area contributed by atoms with Crippen LogP contribution in [0, 0.1) is 0 Å². The Kier molecular flexibility index (Phi) is 2.82. The number of rotatable bonds is 2. The molecule has 0 amide bonds. The van der Waals surface area contributed by atoms with Crippen LogP contribution in [0.25, 0.3) is 0 Å². The number of hydrogen-bond donors (Lipinski definition) is 0. The third kappa shape index (κ3) is 2.12. The highest BCUT2D eigenvalue weighted by molar-refractivity contribution is 8.01. The van der Waals surface area contributed by atoms with Gasteiger partial charge in [0.05, 0.1) is 5.25 Å². The minimum atomic E-state index is 0.168. The Morgan fingerprint density at radius 2 is 2.50 bits per heavy atom. The Labute approximate surface area is 87.3 Å². The summed E-state index contributed by atoms with van der Waals surface area (Å²) in [6.07, 6.45) is 4.87. The zero-order valence-electron chi connectivity index (χ0n) is 8.01. The molecular formula is C10H12N2OS. The van der Waals surface area contributed by atoms with Crippen LogP contribution in [0.3, 0.4) is 0 Å². The van der Waals surface area contributed by atoms with Crippen molar-refractivity contribution in [2.75, 3.05) is 0 Å². The first kappa shape index (κ1) is 9.65. The molecule has 2 heterocycles. The standard InChI is InChI=1S/C10H12N2OS/c1-7-10(13)5-9(14-7)4-8-2-3-11-6-12-8/h2-3,6-7,9H,4-5H2,1H3. The average Bonchev–Trinajstić information content (AvgIpc) is 2.47. The lowest BCUT2D eigenvalue weighted by atomic mass is 10.1. The maximum Gasteiger partial charge on any atom is 0.146 e. The maximum atomic E-state index is 11.3. The predicted molar refractivity (Wildman–Crippen MR) is 56.2 cm³/mol. The molecule has 4 heteroatoms. The van der Waals surface area contributed by atoms with E-state index in [1.54, 1.807) is 24.3 Å². The Balaban J connectivity index is 1.97. The van der Waals surface area contributed by atoms with Crippen molar-refractivity contribution < 1.29 is 4.79 Å². The van der Waals surface area contributed by atoms with Crippen LogP contribution in [0.2, 0.25) is 0 Å². The summed E-state index contributed by atoms with van der Waals surface area (Å²) in [5.74, 6) is 0.369. The number of carbonyl (C=O) groups excluding carboxylic acids is 1. The second-order valence-corrected chi connectivity index (χ2v) is 5.12. The van der Waals surface area contributed by atoms with Gasteiger partial charge >= 0.3 is 0 Å². The summed E-state index contributed by atoms with van der Waals surface area (Å²) in [7, 11) is 0. The second kappa shape index (κ2) is 4.09. The molecule has 1 aromatic heterocycles. The highest BCUT2D eigenvalue weighted by Gasteiger charge is 2.29. The maximum absolute atomic E-state index is 11.3. The average molecular weight is 208 g/mol. The lowest BCUT2D eigenvalue weighted by molar-refractivity contribution is -0.117. The number of aromatic nitrogens is 2. The van der Waals surface area contributed by atoms with E-state index in [9.17, 15) is 4.79 Å². The first-order valence-corrected chi connectivity index (χ1v) is 5.63. The highest BCUT2D eigenvalue weighted by atomic mass is 32.2. The van der Waals surface area contributed by atoms with E-state index >= 15 is 0 Å². The molecule has 0 aromatic carbocycles. The Morgan fingerprint density at radius 3 is 3.07 bits per heavy atom. The fourth-order valence-electron chi connectivity index (χ4n) is 1.60. The van der Waals surface area contributed by atoms with Crippen LogP contribution in [-0.4, -0.2) is 26.3 Å². The van der Waals surface area contributed by atoms with Crippen molar-refractivity contribution in [3.63, 3.8) is 0 Å². The molecule has 2 rings (SSSR count). The summed E-state index contributed by atoms with van der Waals surface area (Å²) in [4.78, 5) is 19.3. The molecule has 14 heavy (non-hydrogen) atoms. The van der Waals surface area contributed by atoms with E-state index in [-0.39, 0.29) is 5.25 Å². The molecule has 1 saturated heterocycles. The number of hydrogen-bond acceptors (Lipinski definition) is 4. The van der Waals surface area contributed by atoms with E-state index in [1.165, 1.54) is 0 Å². The third-order valence-electron chi connectivity index (χ3n) is 2.36. The number of thioether (sulfide) groups is 1. The van der Waals surface area contributed by atoms with E-state index in [2.05, 4.69) is 9.97 Å². The van der Waals surface area contributed by atoms with Gasteiger partial charge in [-0.05, 0) is 13.0 Å². The molecule has 1 fully saturated rings. The van der Waals surface area contributed by atoms with Gasteiger partial charge < -0.3 is 0 Å². The van der Waals surface area contributed by atoms with Gasteiger partial charge in [0.2, 0.25) is 0 Å². The van der Waals surface area contributed by atoms with Gasteiger partial charge in [-0.3, -0.25) is 4.79 Å². The van der Waals surface area contributed by atoms with Crippen LogP contribution in [0.4, 0.5) is 0 Å². The molecule has 0 spiro atoms. The van der Waals surface area contributed by atoms with Crippen molar-refractivity contribution in [3.8, 4) is 0 Å². The molecule has 2 unspecified atom stereocenters. The molecule has 0 radical (unpaired) electrons. The van der Waals surface area contributed by atoms with Crippen molar-refractivity contribution in [3.05, 3.63) is 24.3 Å². The quantitative estimate of drug-likeness (QED) is 0.738. The molecule has 1 aliphatic heterocycles. The largest absolute Gasteiger partial charge is 0.298 e. The summed E-state index contributed by atoms with van der Waals surface area (Å²) in [6, 6.07) is 1.91.